The summed E-state index contributed by atoms with van der Waals surface area (Å²) < 4.78 is 1.03. The van der Waals surface area contributed by atoms with E-state index in [1.807, 2.05) is 31.2 Å². The number of hydrogen-bond donors (Lipinski definition) is 0. The molecule has 1 rings (SSSR count). The lowest BCUT2D eigenvalue weighted by molar-refractivity contribution is -0.115. The van der Waals surface area contributed by atoms with Gasteiger partial charge < -0.3 is 0 Å². The Kier molecular flexibility index (Phi) is 4.01. The van der Waals surface area contributed by atoms with E-state index in [1.54, 1.807) is 6.92 Å². The van der Waals surface area contributed by atoms with Gasteiger partial charge in [0.15, 0.2) is 0 Å². The number of benzene rings is 1. The third-order valence-electron chi connectivity index (χ3n) is 1.65. The SMILES string of the molecule is CC(=O)CC(C)=Nc1ccc(Br)cc1. The maximum absolute atomic E-state index is 10.8. The lowest BCUT2D eigenvalue weighted by Gasteiger charge is -1.97. The molecule has 0 heterocycles. The van der Waals surface area contributed by atoms with Crippen molar-refractivity contribution in [3.8, 4) is 0 Å². The molecule has 0 spiro atoms. The van der Waals surface area contributed by atoms with Gasteiger partial charge in [0.2, 0.25) is 0 Å². The zero-order chi connectivity index (χ0) is 10.6. The summed E-state index contributed by atoms with van der Waals surface area (Å²) in [5.41, 5.74) is 1.73. The number of rotatable bonds is 3. The van der Waals surface area contributed by atoms with Crippen molar-refractivity contribution >= 4 is 33.1 Å². The number of nitrogens with zero attached hydrogens (tertiary/aromatic N) is 1. The van der Waals surface area contributed by atoms with Crippen LogP contribution in [0.3, 0.4) is 0 Å². The van der Waals surface area contributed by atoms with Crippen LogP contribution < -0.4 is 0 Å². The molecule has 0 amide bonds. The van der Waals surface area contributed by atoms with Gasteiger partial charge in [0.25, 0.3) is 0 Å². The molecule has 1 aromatic rings. The van der Waals surface area contributed by atoms with Gasteiger partial charge in [-0.25, -0.2) is 0 Å². The van der Waals surface area contributed by atoms with Gasteiger partial charge in [-0.05, 0) is 38.1 Å². The number of hydrogen-bond acceptors (Lipinski definition) is 2. The van der Waals surface area contributed by atoms with Crippen LogP contribution in [-0.4, -0.2) is 11.5 Å². The van der Waals surface area contributed by atoms with Gasteiger partial charge in [0, 0.05) is 16.6 Å². The summed E-state index contributed by atoms with van der Waals surface area (Å²) >= 11 is 3.35. The van der Waals surface area contributed by atoms with Crippen molar-refractivity contribution in [2.75, 3.05) is 0 Å². The molecule has 0 atom stereocenters. The van der Waals surface area contributed by atoms with Gasteiger partial charge >= 0.3 is 0 Å². The minimum absolute atomic E-state index is 0.142. The predicted molar refractivity (Wildman–Crippen MR) is 62.2 cm³/mol. The van der Waals surface area contributed by atoms with Crippen LogP contribution in [0.1, 0.15) is 20.3 Å². The maximum atomic E-state index is 10.8. The molecule has 0 aliphatic carbocycles. The fraction of sp³-hybridized carbons (Fsp3) is 0.273. The molecule has 0 bridgehead atoms. The molecule has 2 nitrogen and oxygen atoms in total. The molecule has 1 aromatic carbocycles. The summed E-state index contributed by atoms with van der Waals surface area (Å²) in [6, 6.07) is 7.68. The Balaban J connectivity index is 2.76. The first-order valence-corrected chi connectivity index (χ1v) is 5.16. The molecule has 0 saturated heterocycles. The molecule has 0 aliphatic heterocycles. The highest BCUT2D eigenvalue weighted by Gasteiger charge is 1.97. The molecular weight excluding hydrogens is 242 g/mol. The number of ketones is 1. The van der Waals surface area contributed by atoms with Crippen LogP contribution in [0.5, 0.6) is 0 Å². The lowest BCUT2D eigenvalue weighted by Crippen LogP contribution is -1.98. The molecule has 0 radical (unpaired) electrons. The van der Waals surface area contributed by atoms with Crippen LogP contribution in [0.15, 0.2) is 33.7 Å². The summed E-state index contributed by atoms with van der Waals surface area (Å²) in [4.78, 5) is 15.1. The Hall–Kier alpha value is -0.960. The first-order chi connectivity index (χ1) is 6.58. The molecule has 3 heteroatoms. The van der Waals surface area contributed by atoms with E-state index >= 15 is 0 Å². The van der Waals surface area contributed by atoms with E-state index in [1.165, 1.54) is 0 Å². The van der Waals surface area contributed by atoms with E-state index in [9.17, 15) is 4.79 Å². The molecule has 0 fully saturated rings. The van der Waals surface area contributed by atoms with E-state index < -0.39 is 0 Å². The Morgan fingerprint density at radius 1 is 1.29 bits per heavy atom. The average Bonchev–Trinajstić information content (AvgIpc) is 2.07. The summed E-state index contributed by atoms with van der Waals surface area (Å²) in [5.74, 6) is 0.142. The third-order valence-corrected chi connectivity index (χ3v) is 2.18. The molecule has 0 unspecified atom stereocenters. The molecule has 0 saturated carbocycles. The van der Waals surface area contributed by atoms with Gasteiger partial charge in [-0.1, -0.05) is 15.9 Å². The van der Waals surface area contributed by atoms with Crippen molar-refractivity contribution in [1.29, 1.82) is 0 Å². The number of Topliss-reactive ketones (excluding diaryl/α,β-unsaturated/α-hetero) is 1. The number of carbonyl (C=O) groups is 1. The lowest BCUT2D eigenvalue weighted by atomic mass is 10.2. The second kappa shape index (κ2) is 5.05. The first kappa shape index (κ1) is 11.1. The second-order valence-electron chi connectivity index (χ2n) is 3.20. The number of carbonyl (C=O) groups excluding carboxylic acids is 1. The molecular formula is C11H12BrNO. The topological polar surface area (TPSA) is 29.4 Å². The molecule has 0 aliphatic rings. The van der Waals surface area contributed by atoms with Gasteiger partial charge in [-0.15, -0.1) is 0 Å². The average molecular weight is 254 g/mol. The Morgan fingerprint density at radius 3 is 2.36 bits per heavy atom. The standard InChI is InChI=1S/C11H12BrNO/c1-8(7-9(2)14)13-11-5-3-10(12)4-6-11/h3-6H,7H2,1-2H3. The molecule has 0 aromatic heterocycles. The van der Waals surface area contributed by atoms with Crippen molar-refractivity contribution in [2.24, 2.45) is 4.99 Å². The fourth-order valence-corrected chi connectivity index (χ4v) is 1.40. The third kappa shape index (κ3) is 3.83. The highest BCUT2D eigenvalue weighted by molar-refractivity contribution is 9.10. The summed E-state index contributed by atoms with van der Waals surface area (Å²) in [6.45, 7) is 3.43. The van der Waals surface area contributed by atoms with E-state index in [0.29, 0.717) is 6.42 Å². The van der Waals surface area contributed by atoms with Crippen molar-refractivity contribution in [1.82, 2.24) is 0 Å². The summed E-state index contributed by atoms with van der Waals surface area (Å²) in [6.07, 6.45) is 0.427. The van der Waals surface area contributed by atoms with Crippen LogP contribution in [0.2, 0.25) is 0 Å². The highest BCUT2D eigenvalue weighted by Crippen LogP contribution is 2.17. The number of aliphatic imine (C=N–C) groups is 1. The molecule has 14 heavy (non-hydrogen) atoms. The van der Waals surface area contributed by atoms with Gasteiger partial charge in [-0.2, -0.15) is 0 Å². The van der Waals surface area contributed by atoms with Crippen molar-refractivity contribution in [3.05, 3.63) is 28.7 Å². The maximum Gasteiger partial charge on any atom is 0.135 e. The van der Waals surface area contributed by atoms with Crippen LogP contribution in [0.25, 0.3) is 0 Å². The molecule has 0 N–H and O–H groups in total. The molecule has 74 valence electrons. The number of halogens is 1. The van der Waals surface area contributed by atoms with Crippen LogP contribution in [-0.2, 0) is 4.79 Å². The second-order valence-corrected chi connectivity index (χ2v) is 4.12. The van der Waals surface area contributed by atoms with E-state index in [4.69, 9.17) is 0 Å². The quantitative estimate of drug-likeness (QED) is 0.759. The summed E-state index contributed by atoms with van der Waals surface area (Å²) in [7, 11) is 0. The Bertz CT molecular complexity index is 354. The van der Waals surface area contributed by atoms with Gasteiger partial charge in [-0.3, -0.25) is 9.79 Å². The van der Waals surface area contributed by atoms with Crippen molar-refractivity contribution < 1.29 is 4.79 Å². The Morgan fingerprint density at radius 2 is 1.86 bits per heavy atom. The smallest absolute Gasteiger partial charge is 0.135 e. The van der Waals surface area contributed by atoms with Crippen molar-refractivity contribution in [2.45, 2.75) is 20.3 Å². The van der Waals surface area contributed by atoms with E-state index in [-0.39, 0.29) is 5.78 Å². The highest BCUT2D eigenvalue weighted by atomic mass is 79.9. The fourth-order valence-electron chi connectivity index (χ4n) is 1.14. The zero-order valence-electron chi connectivity index (χ0n) is 8.25. The minimum atomic E-state index is 0.142. The van der Waals surface area contributed by atoms with Crippen LogP contribution in [0, 0.1) is 0 Å². The zero-order valence-corrected chi connectivity index (χ0v) is 9.84. The van der Waals surface area contributed by atoms with Gasteiger partial charge in [0.05, 0.1) is 5.69 Å². The van der Waals surface area contributed by atoms with Crippen LogP contribution >= 0.6 is 15.9 Å². The first-order valence-electron chi connectivity index (χ1n) is 4.37. The predicted octanol–water partition coefficient (Wildman–Crippen LogP) is 3.52. The van der Waals surface area contributed by atoms with E-state index in [2.05, 4.69) is 20.9 Å². The van der Waals surface area contributed by atoms with Crippen molar-refractivity contribution in [3.63, 3.8) is 0 Å². The normalized spacial score (nSPS) is 11.5. The van der Waals surface area contributed by atoms with Crippen LogP contribution in [0.4, 0.5) is 5.69 Å². The summed E-state index contributed by atoms with van der Waals surface area (Å²) in [5, 5.41) is 0. The van der Waals surface area contributed by atoms with E-state index in [0.717, 1.165) is 15.9 Å². The Labute approximate surface area is 92.2 Å². The van der Waals surface area contributed by atoms with Gasteiger partial charge in [0.1, 0.15) is 5.78 Å². The monoisotopic (exact) mass is 253 g/mol. The minimum Gasteiger partial charge on any atom is -0.300 e. The largest absolute Gasteiger partial charge is 0.300 e.